The van der Waals surface area contributed by atoms with Crippen molar-refractivity contribution in [2.45, 2.75) is 13.5 Å². The molecule has 0 fully saturated rings. The first kappa shape index (κ1) is 20.9. The van der Waals surface area contributed by atoms with Crippen LogP contribution < -0.4 is 14.3 Å². The third kappa shape index (κ3) is 4.46. The maximum Gasteiger partial charge on any atom is 0.283 e. The first-order valence-corrected chi connectivity index (χ1v) is 9.67. The number of methoxy groups -OCH3 is 2. The number of thiazole rings is 1. The minimum atomic E-state index is -0.719. The average molecular weight is 422 g/mol. The first-order valence-electron chi connectivity index (χ1n) is 8.85. The molecular weight excluding hydrogens is 402 g/mol. The van der Waals surface area contributed by atoms with Crippen LogP contribution in [0.4, 0.5) is 8.78 Å². The van der Waals surface area contributed by atoms with Crippen molar-refractivity contribution in [3.63, 3.8) is 0 Å². The predicted molar refractivity (Wildman–Crippen MR) is 106 cm³/mol. The molecule has 1 heterocycles. The van der Waals surface area contributed by atoms with Crippen LogP contribution >= 0.6 is 11.3 Å². The van der Waals surface area contributed by atoms with E-state index in [1.54, 1.807) is 18.2 Å². The van der Waals surface area contributed by atoms with Crippen LogP contribution in [-0.4, -0.2) is 37.9 Å². The molecule has 3 rings (SSSR count). The molecule has 0 aliphatic carbocycles. The van der Waals surface area contributed by atoms with E-state index in [2.05, 4.69) is 4.99 Å². The highest BCUT2D eigenvalue weighted by Gasteiger charge is 2.16. The summed E-state index contributed by atoms with van der Waals surface area (Å²) in [5.41, 5.74) is 0.415. The zero-order chi connectivity index (χ0) is 21.0. The van der Waals surface area contributed by atoms with E-state index in [9.17, 15) is 13.6 Å². The predicted octanol–water partition coefficient (Wildman–Crippen LogP) is 3.78. The van der Waals surface area contributed by atoms with Gasteiger partial charge in [-0.3, -0.25) is 4.79 Å². The Morgan fingerprint density at radius 1 is 1.17 bits per heavy atom. The molecule has 3 aromatic rings. The Morgan fingerprint density at radius 2 is 1.97 bits per heavy atom. The largest absolute Gasteiger partial charge is 0.497 e. The van der Waals surface area contributed by atoms with E-state index < -0.39 is 17.5 Å². The zero-order valence-corrected chi connectivity index (χ0v) is 17.0. The summed E-state index contributed by atoms with van der Waals surface area (Å²) in [6.45, 7) is 2.90. The van der Waals surface area contributed by atoms with Crippen molar-refractivity contribution in [1.29, 1.82) is 0 Å². The number of nitrogens with zero attached hydrogens (tertiary/aromatic N) is 2. The summed E-state index contributed by atoms with van der Waals surface area (Å²) >= 11 is 1.03. The molecule has 0 saturated heterocycles. The molecule has 0 saturated carbocycles. The van der Waals surface area contributed by atoms with E-state index >= 15 is 0 Å². The standard InChI is InChI=1S/C20H20F2N2O4S/c1-4-28-8-7-24-18-15(22)9-12(21)10-17(18)29-20(24)23-19(25)14-6-5-13(26-2)11-16(14)27-3/h5-6,9-11H,4,7-8H2,1-3H3. The SMILES string of the molecule is CCOCCn1c(=NC(=O)c2ccc(OC)cc2OC)sc2cc(F)cc(F)c21. The molecule has 0 radical (unpaired) electrons. The van der Waals surface area contributed by atoms with E-state index in [1.165, 1.54) is 24.9 Å². The average Bonchev–Trinajstić information content (AvgIpc) is 3.04. The van der Waals surface area contributed by atoms with Gasteiger partial charge in [0.1, 0.15) is 17.3 Å². The van der Waals surface area contributed by atoms with Crippen molar-refractivity contribution in [3.05, 3.63) is 52.3 Å². The molecule has 29 heavy (non-hydrogen) atoms. The molecule has 154 valence electrons. The number of carbonyl (C=O) groups excluding carboxylic acids is 1. The molecule has 6 nitrogen and oxygen atoms in total. The van der Waals surface area contributed by atoms with Gasteiger partial charge in [0.05, 0.1) is 36.6 Å². The fraction of sp³-hybridized carbons (Fsp3) is 0.300. The smallest absolute Gasteiger partial charge is 0.283 e. The number of halogens is 2. The number of benzene rings is 2. The van der Waals surface area contributed by atoms with Crippen LogP contribution in [0.1, 0.15) is 17.3 Å². The van der Waals surface area contributed by atoms with Gasteiger partial charge in [0, 0.05) is 25.3 Å². The summed E-state index contributed by atoms with van der Waals surface area (Å²) in [5.74, 6) is -1.14. The number of carbonyl (C=O) groups is 1. The molecule has 0 aliphatic heterocycles. The highest BCUT2D eigenvalue weighted by Crippen LogP contribution is 2.26. The molecule has 1 amide bonds. The van der Waals surface area contributed by atoms with Gasteiger partial charge >= 0.3 is 0 Å². The monoisotopic (exact) mass is 422 g/mol. The van der Waals surface area contributed by atoms with Crippen LogP contribution in [-0.2, 0) is 11.3 Å². The first-order chi connectivity index (χ1) is 14.0. The maximum atomic E-state index is 14.4. The summed E-state index contributed by atoms with van der Waals surface area (Å²) in [6, 6.07) is 6.77. The van der Waals surface area contributed by atoms with Gasteiger partial charge in [-0.1, -0.05) is 11.3 Å². The minimum Gasteiger partial charge on any atom is -0.497 e. The van der Waals surface area contributed by atoms with Crippen molar-refractivity contribution >= 4 is 27.5 Å². The Kier molecular flexibility index (Phi) is 6.60. The number of hydrogen-bond acceptors (Lipinski definition) is 5. The fourth-order valence-electron chi connectivity index (χ4n) is 2.84. The van der Waals surface area contributed by atoms with Gasteiger partial charge < -0.3 is 18.8 Å². The highest BCUT2D eigenvalue weighted by molar-refractivity contribution is 7.16. The maximum absolute atomic E-state index is 14.4. The summed E-state index contributed by atoms with van der Waals surface area (Å²) in [4.78, 5) is 17.2. The molecule has 0 aliphatic rings. The number of hydrogen-bond donors (Lipinski definition) is 0. The Bertz CT molecular complexity index is 1110. The second-order valence-electron chi connectivity index (χ2n) is 5.95. The number of fused-ring (bicyclic) bond motifs is 1. The lowest BCUT2D eigenvalue weighted by Crippen LogP contribution is -2.20. The van der Waals surface area contributed by atoms with Crippen molar-refractivity contribution in [2.24, 2.45) is 4.99 Å². The second kappa shape index (κ2) is 9.15. The molecule has 0 atom stereocenters. The number of ether oxygens (including phenoxy) is 3. The van der Waals surface area contributed by atoms with Crippen molar-refractivity contribution in [3.8, 4) is 11.5 Å². The van der Waals surface area contributed by atoms with E-state index in [4.69, 9.17) is 14.2 Å². The third-order valence-corrected chi connectivity index (χ3v) is 5.22. The molecule has 0 spiro atoms. The van der Waals surface area contributed by atoms with Crippen LogP contribution in [0, 0.1) is 11.6 Å². The third-order valence-electron chi connectivity index (χ3n) is 4.19. The summed E-state index contributed by atoms with van der Waals surface area (Å²) in [5, 5.41) is 0. The van der Waals surface area contributed by atoms with Crippen molar-refractivity contribution in [1.82, 2.24) is 4.57 Å². The van der Waals surface area contributed by atoms with Crippen LogP contribution in [0.15, 0.2) is 35.3 Å². The summed E-state index contributed by atoms with van der Waals surface area (Å²) in [6.07, 6.45) is 0. The minimum absolute atomic E-state index is 0.185. The number of aromatic nitrogens is 1. The normalized spacial score (nSPS) is 11.8. The molecule has 1 aromatic heterocycles. The molecule has 0 N–H and O–H groups in total. The molecule has 2 aromatic carbocycles. The summed E-state index contributed by atoms with van der Waals surface area (Å²) < 4.78 is 45.7. The Balaban J connectivity index is 2.12. The molecule has 0 bridgehead atoms. The van der Waals surface area contributed by atoms with E-state index in [-0.39, 0.29) is 22.4 Å². The fourth-order valence-corrected chi connectivity index (χ4v) is 3.94. The van der Waals surface area contributed by atoms with E-state index in [0.29, 0.717) is 29.4 Å². The van der Waals surface area contributed by atoms with Crippen LogP contribution in [0.3, 0.4) is 0 Å². The van der Waals surface area contributed by atoms with Gasteiger partial charge in [0.25, 0.3) is 5.91 Å². The lowest BCUT2D eigenvalue weighted by atomic mass is 10.2. The van der Waals surface area contributed by atoms with E-state index in [1.807, 2.05) is 6.92 Å². The van der Waals surface area contributed by atoms with Gasteiger partial charge in [0.2, 0.25) is 0 Å². The summed E-state index contributed by atoms with van der Waals surface area (Å²) in [7, 11) is 2.94. The van der Waals surface area contributed by atoms with Crippen LogP contribution in [0.25, 0.3) is 10.2 Å². The van der Waals surface area contributed by atoms with Gasteiger partial charge in [-0.15, -0.1) is 0 Å². The van der Waals surface area contributed by atoms with Gasteiger partial charge in [0.15, 0.2) is 10.6 Å². The number of rotatable bonds is 7. The van der Waals surface area contributed by atoms with Crippen LogP contribution in [0.2, 0.25) is 0 Å². The van der Waals surface area contributed by atoms with Gasteiger partial charge in [-0.25, -0.2) is 8.78 Å². The van der Waals surface area contributed by atoms with Crippen molar-refractivity contribution < 1.29 is 27.8 Å². The Morgan fingerprint density at radius 3 is 2.66 bits per heavy atom. The van der Waals surface area contributed by atoms with Gasteiger partial charge in [-0.05, 0) is 25.1 Å². The lowest BCUT2D eigenvalue weighted by molar-refractivity contribution is 0.0993. The number of amides is 1. The van der Waals surface area contributed by atoms with Crippen LogP contribution in [0.5, 0.6) is 11.5 Å². The Hall–Kier alpha value is -2.78. The highest BCUT2D eigenvalue weighted by atomic mass is 32.1. The van der Waals surface area contributed by atoms with Gasteiger partial charge in [-0.2, -0.15) is 4.99 Å². The van der Waals surface area contributed by atoms with E-state index in [0.717, 1.165) is 17.4 Å². The topological polar surface area (TPSA) is 62.1 Å². The lowest BCUT2D eigenvalue weighted by Gasteiger charge is -2.08. The second-order valence-corrected chi connectivity index (χ2v) is 6.96. The Labute approximate surface area is 170 Å². The molecule has 0 unspecified atom stereocenters. The van der Waals surface area contributed by atoms with Crippen molar-refractivity contribution in [2.75, 3.05) is 27.4 Å². The quantitative estimate of drug-likeness (QED) is 0.544. The molecule has 9 heteroatoms. The zero-order valence-electron chi connectivity index (χ0n) is 16.2. The molecular formula is C20H20F2N2O4S.